The molecule has 28 heavy (non-hydrogen) atoms. The fraction of sp³-hybridized carbons (Fsp3) is 0.500. The van der Waals surface area contributed by atoms with Crippen LogP contribution in [0.5, 0.6) is 0 Å². The van der Waals surface area contributed by atoms with E-state index in [1.54, 1.807) is 12.4 Å². The monoisotopic (exact) mass is 398 g/mol. The molecule has 1 saturated carbocycles. The molecule has 4 rings (SSSR count). The molecule has 0 bridgehead atoms. The summed E-state index contributed by atoms with van der Waals surface area (Å²) in [6, 6.07) is 9.67. The number of nitrogens with one attached hydrogen (secondary N) is 1. The molecule has 0 atom stereocenters. The van der Waals surface area contributed by atoms with Crippen LogP contribution in [0.15, 0.2) is 42.7 Å². The van der Waals surface area contributed by atoms with E-state index in [1.807, 2.05) is 30.3 Å². The molecular weight excluding hydrogens is 372 g/mol. The molecule has 5 nitrogen and oxygen atoms in total. The maximum Gasteiger partial charge on any atom is 0.230 e. The minimum absolute atomic E-state index is 0.182. The van der Waals surface area contributed by atoms with Crippen LogP contribution in [-0.2, 0) is 10.2 Å². The summed E-state index contributed by atoms with van der Waals surface area (Å²) in [5.41, 5.74) is 0.714. The van der Waals surface area contributed by atoms with Gasteiger partial charge in [0.15, 0.2) is 0 Å². The summed E-state index contributed by atoms with van der Waals surface area (Å²) in [6.45, 7) is 2.62. The van der Waals surface area contributed by atoms with Crippen molar-refractivity contribution in [3.05, 3.63) is 53.3 Å². The fourth-order valence-electron chi connectivity index (χ4n) is 4.59. The Morgan fingerprint density at radius 1 is 1.11 bits per heavy atom. The Bertz CT molecular complexity index is 782. The van der Waals surface area contributed by atoms with Crippen molar-refractivity contribution in [2.45, 2.75) is 43.9 Å². The van der Waals surface area contributed by atoms with E-state index >= 15 is 0 Å². The second-order valence-corrected chi connectivity index (χ2v) is 8.42. The zero-order chi connectivity index (χ0) is 19.4. The van der Waals surface area contributed by atoms with Crippen LogP contribution in [0.1, 0.15) is 44.1 Å². The standard InChI is InChI=1S/C22H27ClN4O/c23-19-6-4-18(5-7-19)22(10-1-2-11-22)20(28)26-16-17-8-14-27(15-9-17)21-24-12-3-13-25-21/h3-7,12-13,17H,1-2,8-11,14-16H2,(H,26,28). The minimum atomic E-state index is -0.386. The van der Waals surface area contributed by atoms with Crippen molar-refractivity contribution in [2.75, 3.05) is 24.5 Å². The van der Waals surface area contributed by atoms with Gasteiger partial charge in [-0.3, -0.25) is 4.79 Å². The van der Waals surface area contributed by atoms with Crippen LogP contribution in [-0.4, -0.2) is 35.5 Å². The first-order valence-corrected chi connectivity index (χ1v) is 10.6. The van der Waals surface area contributed by atoms with E-state index in [2.05, 4.69) is 20.2 Å². The average molecular weight is 399 g/mol. The second kappa shape index (κ2) is 8.48. The summed E-state index contributed by atoms with van der Waals surface area (Å²) in [7, 11) is 0. The molecule has 1 aliphatic carbocycles. The molecule has 1 N–H and O–H groups in total. The summed E-state index contributed by atoms with van der Waals surface area (Å²) in [4.78, 5) is 24.1. The van der Waals surface area contributed by atoms with Crippen LogP contribution in [0.3, 0.4) is 0 Å². The molecule has 1 aliphatic heterocycles. The highest BCUT2D eigenvalue weighted by Gasteiger charge is 2.42. The van der Waals surface area contributed by atoms with Crippen molar-refractivity contribution in [3.8, 4) is 0 Å². The number of benzene rings is 1. The van der Waals surface area contributed by atoms with Crippen LogP contribution >= 0.6 is 11.6 Å². The van der Waals surface area contributed by atoms with Crippen molar-refractivity contribution in [3.63, 3.8) is 0 Å². The molecule has 2 aliphatic rings. The lowest BCUT2D eigenvalue weighted by Crippen LogP contribution is -2.46. The first-order chi connectivity index (χ1) is 13.7. The van der Waals surface area contributed by atoms with E-state index in [-0.39, 0.29) is 11.3 Å². The van der Waals surface area contributed by atoms with Gasteiger partial charge in [0.25, 0.3) is 0 Å². The lowest BCUT2D eigenvalue weighted by Gasteiger charge is -2.33. The fourth-order valence-corrected chi connectivity index (χ4v) is 4.72. The van der Waals surface area contributed by atoms with Crippen molar-refractivity contribution in [1.82, 2.24) is 15.3 Å². The molecular formula is C22H27ClN4O. The van der Waals surface area contributed by atoms with Crippen molar-refractivity contribution < 1.29 is 4.79 Å². The number of carbonyl (C=O) groups excluding carboxylic acids is 1. The third-order valence-electron chi connectivity index (χ3n) is 6.29. The van der Waals surface area contributed by atoms with Gasteiger partial charge in [0.2, 0.25) is 11.9 Å². The third-order valence-corrected chi connectivity index (χ3v) is 6.54. The summed E-state index contributed by atoms with van der Waals surface area (Å²) < 4.78 is 0. The van der Waals surface area contributed by atoms with E-state index in [0.717, 1.165) is 69.7 Å². The van der Waals surface area contributed by atoms with Gasteiger partial charge >= 0.3 is 0 Å². The second-order valence-electron chi connectivity index (χ2n) is 7.99. The zero-order valence-electron chi connectivity index (χ0n) is 16.1. The summed E-state index contributed by atoms with van der Waals surface area (Å²) >= 11 is 6.05. The molecule has 1 saturated heterocycles. The quantitative estimate of drug-likeness (QED) is 0.827. The average Bonchev–Trinajstić information content (AvgIpc) is 3.25. The van der Waals surface area contributed by atoms with E-state index in [1.165, 1.54) is 0 Å². The molecule has 2 aromatic rings. The molecule has 148 valence electrons. The zero-order valence-corrected chi connectivity index (χ0v) is 16.9. The number of rotatable bonds is 5. The number of halogens is 1. The minimum Gasteiger partial charge on any atom is -0.355 e. The van der Waals surface area contributed by atoms with Gasteiger partial charge in [-0.05, 0) is 55.4 Å². The Balaban J connectivity index is 1.34. The molecule has 1 aromatic carbocycles. The summed E-state index contributed by atoms with van der Waals surface area (Å²) in [6.07, 6.45) is 9.71. The molecule has 6 heteroatoms. The molecule has 2 fully saturated rings. The maximum atomic E-state index is 13.2. The molecule has 0 unspecified atom stereocenters. The lowest BCUT2D eigenvalue weighted by molar-refractivity contribution is -0.126. The number of nitrogens with zero attached hydrogens (tertiary/aromatic N) is 3. The van der Waals surface area contributed by atoms with Crippen molar-refractivity contribution in [2.24, 2.45) is 5.92 Å². The van der Waals surface area contributed by atoms with Gasteiger partial charge in [0, 0.05) is 37.1 Å². The SMILES string of the molecule is O=C(NCC1CCN(c2ncccn2)CC1)C1(c2ccc(Cl)cc2)CCCC1. The molecule has 2 heterocycles. The van der Waals surface area contributed by atoms with Crippen molar-refractivity contribution >= 4 is 23.5 Å². The van der Waals surface area contributed by atoms with E-state index in [9.17, 15) is 4.79 Å². The van der Waals surface area contributed by atoms with Crippen LogP contribution in [0.25, 0.3) is 0 Å². The number of aromatic nitrogens is 2. The van der Waals surface area contributed by atoms with Gasteiger partial charge in [0.05, 0.1) is 5.41 Å². The van der Waals surface area contributed by atoms with Crippen LogP contribution in [0.2, 0.25) is 5.02 Å². The molecule has 0 radical (unpaired) electrons. The Labute approximate surface area is 171 Å². The third kappa shape index (κ3) is 4.00. The maximum absolute atomic E-state index is 13.2. The Kier molecular flexibility index (Phi) is 5.81. The topological polar surface area (TPSA) is 58.1 Å². The Hall–Kier alpha value is -2.14. The predicted octanol–water partition coefficient (Wildman–Crippen LogP) is 3.97. The van der Waals surface area contributed by atoms with Gasteiger partial charge in [-0.1, -0.05) is 36.6 Å². The van der Waals surface area contributed by atoms with E-state index in [0.29, 0.717) is 10.9 Å². The highest BCUT2D eigenvalue weighted by molar-refractivity contribution is 6.30. The largest absolute Gasteiger partial charge is 0.355 e. The number of hydrogen-bond donors (Lipinski definition) is 1. The number of carbonyl (C=O) groups is 1. The van der Waals surface area contributed by atoms with Crippen molar-refractivity contribution in [1.29, 1.82) is 0 Å². The molecule has 0 spiro atoms. The van der Waals surface area contributed by atoms with Crippen LogP contribution in [0, 0.1) is 5.92 Å². The lowest BCUT2D eigenvalue weighted by atomic mass is 9.78. The van der Waals surface area contributed by atoms with Crippen LogP contribution in [0.4, 0.5) is 5.95 Å². The summed E-state index contributed by atoms with van der Waals surface area (Å²) in [5.74, 6) is 1.49. The van der Waals surface area contributed by atoms with Gasteiger partial charge in [-0.2, -0.15) is 0 Å². The van der Waals surface area contributed by atoms with Crippen LogP contribution < -0.4 is 10.2 Å². The first kappa shape index (κ1) is 19.2. The molecule has 1 aromatic heterocycles. The number of hydrogen-bond acceptors (Lipinski definition) is 4. The number of amides is 1. The first-order valence-electron chi connectivity index (χ1n) is 10.2. The Morgan fingerprint density at radius 3 is 2.39 bits per heavy atom. The highest BCUT2D eigenvalue weighted by atomic mass is 35.5. The smallest absolute Gasteiger partial charge is 0.230 e. The van der Waals surface area contributed by atoms with Gasteiger partial charge in [0.1, 0.15) is 0 Å². The molecule has 1 amide bonds. The normalized spacial score (nSPS) is 19.5. The number of piperidine rings is 1. The van der Waals surface area contributed by atoms with Gasteiger partial charge < -0.3 is 10.2 Å². The summed E-state index contributed by atoms with van der Waals surface area (Å²) in [5, 5.41) is 4.00. The van der Waals surface area contributed by atoms with E-state index in [4.69, 9.17) is 11.6 Å². The Morgan fingerprint density at radius 2 is 1.75 bits per heavy atom. The number of anilines is 1. The van der Waals surface area contributed by atoms with E-state index < -0.39 is 0 Å². The predicted molar refractivity (Wildman–Crippen MR) is 112 cm³/mol. The van der Waals surface area contributed by atoms with Gasteiger partial charge in [-0.15, -0.1) is 0 Å². The van der Waals surface area contributed by atoms with Gasteiger partial charge in [-0.25, -0.2) is 9.97 Å². The highest BCUT2D eigenvalue weighted by Crippen LogP contribution is 2.41.